The molecule has 0 radical (unpaired) electrons. The molecule has 2 rings (SSSR count). The lowest BCUT2D eigenvalue weighted by atomic mass is 10.0. The number of benzene rings is 1. The number of amides is 1. The van der Waals surface area contributed by atoms with E-state index in [9.17, 15) is 14.4 Å². The molecule has 1 aromatic heterocycles. The van der Waals surface area contributed by atoms with Gasteiger partial charge in [0.2, 0.25) is 0 Å². The molecule has 0 aliphatic rings. The van der Waals surface area contributed by atoms with Gasteiger partial charge < -0.3 is 10.3 Å². The standard InChI is InChI=1S/C18H20N2O3/c1-12(2)10-15(21)11-13-5-7-14(8-6-13)20-18(23)16-4-3-9-19-17(16)22/h3-9,12H,10-11H2,1-2H3,(H,19,22)(H,20,23). The summed E-state index contributed by atoms with van der Waals surface area (Å²) in [5.41, 5.74) is 1.12. The van der Waals surface area contributed by atoms with Gasteiger partial charge in [-0.15, -0.1) is 0 Å². The molecular weight excluding hydrogens is 292 g/mol. The molecule has 1 heterocycles. The van der Waals surface area contributed by atoms with Crippen LogP contribution in [0.25, 0.3) is 0 Å². The number of carbonyl (C=O) groups is 2. The topological polar surface area (TPSA) is 79.0 Å². The van der Waals surface area contributed by atoms with Gasteiger partial charge in [-0.3, -0.25) is 14.4 Å². The highest BCUT2D eigenvalue weighted by atomic mass is 16.2. The first-order chi connectivity index (χ1) is 11.0. The summed E-state index contributed by atoms with van der Waals surface area (Å²) in [7, 11) is 0. The van der Waals surface area contributed by atoms with Gasteiger partial charge in [-0.05, 0) is 35.7 Å². The number of nitrogens with one attached hydrogen (secondary N) is 2. The maximum absolute atomic E-state index is 12.0. The van der Waals surface area contributed by atoms with Crippen molar-refractivity contribution in [2.45, 2.75) is 26.7 Å². The third-order valence-corrected chi connectivity index (χ3v) is 3.31. The quantitative estimate of drug-likeness (QED) is 0.861. The monoisotopic (exact) mass is 312 g/mol. The van der Waals surface area contributed by atoms with Crippen LogP contribution in [0.15, 0.2) is 47.4 Å². The average Bonchev–Trinajstić information content (AvgIpc) is 2.48. The van der Waals surface area contributed by atoms with E-state index in [1.807, 2.05) is 26.0 Å². The Morgan fingerprint density at radius 2 is 1.83 bits per heavy atom. The van der Waals surface area contributed by atoms with E-state index in [-0.39, 0.29) is 11.3 Å². The summed E-state index contributed by atoms with van der Waals surface area (Å²) in [5, 5.41) is 2.67. The Hall–Kier alpha value is -2.69. The molecule has 23 heavy (non-hydrogen) atoms. The van der Waals surface area contributed by atoms with Crippen molar-refractivity contribution in [2.75, 3.05) is 5.32 Å². The number of carbonyl (C=O) groups excluding carboxylic acids is 2. The van der Waals surface area contributed by atoms with E-state index in [0.717, 1.165) is 5.56 Å². The van der Waals surface area contributed by atoms with E-state index >= 15 is 0 Å². The summed E-state index contributed by atoms with van der Waals surface area (Å²) in [6.45, 7) is 4.03. The molecule has 0 bridgehead atoms. The van der Waals surface area contributed by atoms with Crippen molar-refractivity contribution in [2.24, 2.45) is 5.92 Å². The maximum Gasteiger partial charge on any atom is 0.261 e. The Balaban J connectivity index is 2.00. The summed E-state index contributed by atoms with van der Waals surface area (Å²) in [4.78, 5) is 37.9. The van der Waals surface area contributed by atoms with E-state index in [4.69, 9.17) is 0 Å². The van der Waals surface area contributed by atoms with Crippen LogP contribution >= 0.6 is 0 Å². The third kappa shape index (κ3) is 4.92. The second kappa shape index (κ2) is 7.54. The van der Waals surface area contributed by atoms with E-state index in [1.165, 1.54) is 12.3 Å². The van der Waals surface area contributed by atoms with E-state index in [2.05, 4.69) is 10.3 Å². The molecule has 0 aliphatic carbocycles. The lowest BCUT2D eigenvalue weighted by Crippen LogP contribution is -2.22. The number of H-pyrrole nitrogens is 1. The molecule has 0 fully saturated rings. The molecule has 1 aromatic carbocycles. The SMILES string of the molecule is CC(C)CC(=O)Cc1ccc(NC(=O)c2ccc[nH]c2=O)cc1. The van der Waals surface area contributed by atoms with Gasteiger partial charge in [0.05, 0.1) is 0 Å². The summed E-state index contributed by atoms with van der Waals surface area (Å²) in [6.07, 6.45) is 2.43. The first-order valence-electron chi connectivity index (χ1n) is 7.55. The van der Waals surface area contributed by atoms with Crippen molar-refractivity contribution in [1.29, 1.82) is 0 Å². The van der Waals surface area contributed by atoms with Crippen molar-refractivity contribution in [1.82, 2.24) is 4.98 Å². The minimum Gasteiger partial charge on any atom is -0.328 e. The van der Waals surface area contributed by atoms with Crippen molar-refractivity contribution < 1.29 is 9.59 Å². The fourth-order valence-corrected chi connectivity index (χ4v) is 2.26. The van der Waals surface area contributed by atoms with Crippen LogP contribution in [0.1, 0.15) is 36.2 Å². The predicted molar refractivity (Wildman–Crippen MR) is 89.6 cm³/mol. The van der Waals surface area contributed by atoms with Crippen LogP contribution in [0.2, 0.25) is 0 Å². The number of aromatic amines is 1. The highest BCUT2D eigenvalue weighted by molar-refractivity contribution is 6.03. The molecule has 0 saturated carbocycles. The third-order valence-electron chi connectivity index (χ3n) is 3.31. The lowest BCUT2D eigenvalue weighted by Gasteiger charge is -2.07. The molecule has 2 N–H and O–H groups in total. The van der Waals surface area contributed by atoms with E-state index < -0.39 is 11.5 Å². The average molecular weight is 312 g/mol. The zero-order valence-electron chi connectivity index (χ0n) is 13.3. The van der Waals surface area contributed by atoms with Crippen LogP contribution in [-0.2, 0) is 11.2 Å². The number of pyridine rings is 1. The Bertz CT molecular complexity index is 745. The highest BCUT2D eigenvalue weighted by Crippen LogP contribution is 2.13. The first kappa shape index (κ1) is 16.7. The number of aromatic nitrogens is 1. The largest absolute Gasteiger partial charge is 0.328 e. The van der Waals surface area contributed by atoms with Crippen molar-refractivity contribution in [3.63, 3.8) is 0 Å². The van der Waals surface area contributed by atoms with Crippen LogP contribution in [0.3, 0.4) is 0 Å². The van der Waals surface area contributed by atoms with Gasteiger partial charge in [0.1, 0.15) is 11.3 Å². The van der Waals surface area contributed by atoms with Gasteiger partial charge in [-0.25, -0.2) is 0 Å². The predicted octanol–water partition coefficient (Wildman–Crippen LogP) is 2.78. The normalized spacial score (nSPS) is 10.6. The van der Waals surface area contributed by atoms with Crippen LogP contribution < -0.4 is 10.9 Å². The molecule has 2 aromatic rings. The van der Waals surface area contributed by atoms with Gasteiger partial charge in [0, 0.05) is 24.7 Å². The van der Waals surface area contributed by atoms with Crippen molar-refractivity contribution in [3.05, 3.63) is 64.1 Å². The number of rotatable bonds is 6. The molecule has 0 atom stereocenters. The molecule has 0 unspecified atom stereocenters. The molecule has 5 nitrogen and oxygen atoms in total. The molecule has 5 heteroatoms. The molecular formula is C18H20N2O3. The molecule has 120 valence electrons. The van der Waals surface area contributed by atoms with Crippen molar-refractivity contribution >= 4 is 17.4 Å². The number of hydrogen-bond donors (Lipinski definition) is 2. The Morgan fingerprint density at radius 3 is 2.43 bits per heavy atom. The Kier molecular flexibility index (Phi) is 5.46. The fourth-order valence-electron chi connectivity index (χ4n) is 2.26. The molecule has 0 aliphatic heterocycles. The smallest absolute Gasteiger partial charge is 0.261 e. The van der Waals surface area contributed by atoms with Gasteiger partial charge >= 0.3 is 0 Å². The molecule has 0 saturated heterocycles. The van der Waals surface area contributed by atoms with Crippen LogP contribution in [0, 0.1) is 5.92 Å². The Morgan fingerprint density at radius 1 is 1.13 bits per heavy atom. The van der Waals surface area contributed by atoms with Crippen LogP contribution in [-0.4, -0.2) is 16.7 Å². The lowest BCUT2D eigenvalue weighted by molar-refractivity contribution is -0.119. The number of anilines is 1. The highest BCUT2D eigenvalue weighted by Gasteiger charge is 2.10. The zero-order chi connectivity index (χ0) is 16.8. The zero-order valence-corrected chi connectivity index (χ0v) is 13.3. The van der Waals surface area contributed by atoms with Crippen LogP contribution in [0.4, 0.5) is 5.69 Å². The van der Waals surface area contributed by atoms with Crippen LogP contribution in [0.5, 0.6) is 0 Å². The van der Waals surface area contributed by atoms with Gasteiger partial charge in [0.25, 0.3) is 11.5 Å². The summed E-state index contributed by atoms with van der Waals surface area (Å²) in [6, 6.07) is 10.1. The molecule has 0 spiro atoms. The van der Waals surface area contributed by atoms with Gasteiger partial charge in [-0.1, -0.05) is 26.0 Å². The number of Topliss-reactive ketones (excluding diaryl/α,β-unsaturated/α-hetero) is 1. The summed E-state index contributed by atoms with van der Waals surface area (Å²) in [5.74, 6) is 0.0908. The fraction of sp³-hybridized carbons (Fsp3) is 0.278. The maximum atomic E-state index is 12.0. The second-order valence-corrected chi connectivity index (χ2v) is 5.88. The van der Waals surface area contributed by atoms with Gasteiger partial charge in [0.15, 0.2) is 0 Å². The minimum atomic E-state index is -0.463. The molecule has 1 amide bonds. The minimum absolute atomic E-state index is 0.0590. The number of hydrogen-bond acceptors (Lipinski definition) is 3. The van der Waals surface area contributed by atoms with Gasteiger partial charge in [-0.2, -0.15) is 0 Å². The second-order valence-electron chi connectivity index (χ2n) is 5.88. The summed E-state index contributed by atoms with van der Waals surface area (Å²) >= 11 is 0. The van der Waals surface area contributed by atoms with Crippen molar-refractivity contribution in [3.8, 4) is 0 Å². The first-order valence-corrected chi connectivity index (χ1v) is 7.55. The Labute approximate surface area is 134 Å². The van der Waals surface area contributed by atoms with E-state index in [0.29, 0.717) is 24.4 Å². The number of ketones is 1. The van der Waals surface area contributed by atoms with E-state index in [1.54, 1.807) is 18.2 Å². The summed E-state index contributed by atoms with van der Waals surface area (Å²) < 4.78 is 0.